The van der Waals surface area contributed by atoms with Crippen molar-refractivity contribution in [3.05, 3.63) is 29.3 Å². The van der Waals surface area contributed by atoms with Gasteiger partial charge in [0.1, 0.15) is 5.41 Å². The molecule has 0 saturated carbocycles. The number of carbonyl (C=O) groups excluding carboxylic acids is 3. The smallest absolute Gasteiger partial charge is 0.261 e. The highest BCUT2D eigenvalue weighted by Gasteiger charge is 2.33. The summed E-state index contributed by atoms with van der Waals surface area (Å²) in [6.45, 7) is 3.00. The second-order valence-corrected chi connectivity index (χ2v) is 5.12. The summed E-state index contributed by atoms with van der Waals surface area (Å²) in [5.74, 6) is -1.23. The Hall–Kier alpha value is -2.68. The van der Waals surface area contributed by atoms with Gasteiger partial charge in [0.15, 0.2) is 0 Å². The van der Waals surface area contributed by atoms with Gasteiger partial charge in [-0.1, -0.05) is 0 Å². The first kappa shape index (κ1) is 13.7. The molecule has 20 heavy (non-hydrogen) atoms. The molecule has 0 radical (unpaired) electrons. The van der Waals surface area contributed by atoms with Gasteiger partial charge in [-0.2, -0.15) is 5.26 Å². The Morgan fingerprint density at radius 2 is 1.85 bits per heavy atom. The van der Waals surface area contributed by atoms with Gasteiger partial charge in [-0.15, -0.1) is 0 Å². The van der Waals surface area contributed by atoms with E-state index in [1.54, 1.807) is 0 Å². The number of fused-ring (bicyclic) bond motifs is 1. The number of nitrogens with one attached hydrogen (secondary N) is 1. The number of nitriles is 1. The zero-order valence-corrected chi connectivity index (χ0v) is 11.4. The quantitative estimate of drug-likeness (QED) is 0.823. The van der Waals surface area contributed by atoms with E-state index in [1.165, 1.54) is 39.1 Å². The molecule has 0 unspecified atom stereocenters. The Labute approximate surface area is 116 Å². The second kappa shape index (κ2) is 4.46. The number of hydrogen-bond acceptors (Lipinski definition) is 4. The molecule has 0 aromatic heterocycles. The number of imide groups is 1. The van der Waals surface area contributed by atoms with Gasteiger partial charge < -0.3 is 5.32 Å². The highest BCUT2D eigenvalue weighted by Crippen LogP contribution is 2.25. The summed E-state index contributed by atoms with van der Waals surface area (Å²) in [4.78, 5) is 36.5. The molecule has 0 aliphatic carbocycles. The van der Waals surface area contributed by atoms with Gasteiger partial charge in [0, 0.05) is 12.7 Å². The summed E-state index contributed by atoms with van der Waals surface area (Å²) in [6, 6.07) is 6.37. The highest BCUT2D eigenvalue weighted by molar-refractivity contribution is 6.21. The van der Waals surface area contributed by atoms with Gasteiger partial charge in [0.05, 0.1) is 17.2 Å². The third kappa shape index (κ3) is 2.03. The van der Waals surface area contributed by atoms with Crippen molar-refractivity contribution in [2.24, 2.45) is 5.41 Å². The van der Waals surface area contributed by atoms with Crippen LogP contribution < -0.4 is 5.32 Å². The maximum atomic E-state index is 11.9. The summed E-state index contributed by atoms with van der Waals surface area (Å²) in [7, 11) is 1.40. The fourth-order valence-electron chi connectivity index (χ4n) is 1.78. The Morgan fingerprint density at radius 3 is 2.45 bits per heavy atom. The van der Waals surface area contributed by atoms with E-state index in [-0.39, 0.29) is 11.5 Å². The Morgan fingerprint density at radius 1 is 1.25 bits per heavy atom. The molecule has 6 nitrogen and oxygen atoms in total. The van der Waals surface area contributed by atoms with Crippen LogP contribution in [0.1, 0.15) is 34.6 Å². The molecule has 6 heteroatoms. The predicted octanol–water partition coefficient (Wildman–Crippen LogP) is 1.40. The minimum Gasteiger partial charge on any atom is -0.325 e. The van der Waals surface area contributed by atoms with Crippen molar-refractivity contribution in [3.8, 4) is 6.07 Å². The average molecular weight is 271 g/mol. The monoisotopic (exact) mass is 271 g/mol. The van der Waals surface area contributed by atoms with Crippen LogP contribution in [0.3, 0.4) is 0 Å². The van der Waals surface area contributed by atoms with Crippen LogP contribution in [0.2, 0.25) is 0 Å². The van der Waals surface area contributed by atoms with E-state index < -0.39 is 17.2 Å². The summed E-state index contributed by atoms with van der Waals surface area (Å²) in [5.41, 5.74) is -0.219. The molecule has 0 bridgehead atoms. The molecule has 102 valence electrons. The standard InChI is InChI=1S/C14H13N3O3/c1-14(2,7-15)13(20)16-8-4-5-9-10(6-8)12(19)17(3)11(9)18/h4-6H,1-3H3,(H,16,20). The van der Waals surface area contributed by atoms with Crippen LogP contribution in [0.15, 0.2) is 18.2 Å². The number of rotatable bonds is 2. The molecule has 0 saturated heterocycles. The van der Waals surface area contributed by atoms with Crippen molar-refractivity contribution >= 4 is 23.4 Å². The maximum absolute atomic E-state index is 11.9. The van der Waals surface area contributed by atoms with Crippen LogP contribution in [0.4, 0.5) is 5.69 Å². The number of amides is 3. The predicted molar refractivity (Wildman–Crippen MR) is 70.9 cm³/mol. The highest BCUT2D eigenvalue weighted by atomic mass is 16.2. The molecular formula is C14H13N3O3. The van der Waals surface area contributed by atoms with Gasteiger partial charge >= 0.3 is 0 Å². The van der Waals surface area contributed by atoms with Crippen LogP contribution in [0, 0.1) is 16.7 Å². The fourth-order valence-corrected chi connectivity index (χ4v) is 1.78. The van der Waals surface area contributed by atoms with Crippen molar-refractivity contribution in [2.45, 2.75) is 13.8 Å². The van der Waals surface area contributed by atoms with Crippen LogP contribution in [-0.4, -0.2) is 29.7 Å². The molecule has 1 aliphatic heterocycles. The molecule has 0 spiro atoms. The van der Waals surface area contributed by atoms with Gasteiger partial charge in [-0.25, -0.2) is 0 Å². The molecule has 3 amide bonds. The van der Waals surface area contributed by atoms with E-state index in [9.17, 15) is 14.4 Å². The lowest BCUT2D eigenvalue weighted by Gasteiger charge is -2.15. The maximum Gasteiger partial charge on any atom is 0.261 e. The molecule has 2 rings (SSSR count). The van der Waals surface area contributed by atoms with Crippen LogP contribution >= 0.6 is 0 Å². The van der Waals surface area contributed by atoms with E-state index in [1.807, 2.05) is 6.07 Å². The SMILES string of the molecule is CN1C(=O)c2ccc(NC(=O)C(C)(C)C#N)cc2C1=O. The van der Waals surface area contributed by atoms with Gasteiger partial charge in [-0.3, -0.25) is 19.3 Å². The number of anilines is 1. The largest absolute Gasteiger partial charge is 0.325 e. The second-order valence-electron chi connectivity index (χ2n) is 5.12. The zero-order valence-electron chi connectivity index (χ0n) is 11.4. The van der Waals surface area contributed by atoms with E-state index in [0.29, 0.717) is 11.3 Å². The molecule has 1 aliphatic rings. The molecule has 0 fully saturated rings. The van der Waals surface area contributed by atoms with E-state index in [2.05, 4.69) is 5.32 Å². The summed E-state index contributed by atoms with van der Waals surface area (Å²) in [6.07, 6.45) is 0. The normalized spacial score (nSPS) is 14.0. The molecule has 0 atom stereocenters. The lowest BCUT2D eigenvalue weighted by Crippen LogP contribution is -2.29. The topological polar surface area (TPSA) is 90.3 Å². The van der Waals surface area contributed by atoms with Crippen molar-refractivity contribution in [1.29, 1.82) is 5.26 Å². The lowest BCUT2D eigenvalue weighted by atomic mass is 9.94. The number of nitrogens with zero attached hydrogens (tertiary/aromatic N) is 2. The van der Waals surface area contributed by atoms with Gasteiger partial charge in [-0.05, 0) is 32.0 Å². The Balaban J connectivity index is 2.31. The van der Waals surface area contributed by atoms with Gasteiger partial charge in [0.25, 0.3) is 11.8 Å². The van der Waals surface area contributed by atoms with Gasteiger partial charge in [0.2, 0.25) is 5.91 Å². The molecule has 1 aromatic carbocycles. The van der Waals surface area contributed by atoms with Crippen molar-refractivity contribution in [1.82, 2.24) is 4.90 Å². The average Bonchev–Trinajstić information content (AvgIpc) is 2.63. The number of benzene rings is 1. The zero-order chi connectivity index (χ0) is 15.1. The Kier molecular flexibility index (Phi) is 3.06. The van der Waals surface area contributed by atoms with Crippen LogP contribution in [0.25, 0.3) is 0 Å². The van der Waals surface area contributed by atoms with Crippen molar-refractivity contribution < 1.29 is 14.4 Å². The van der Waals surface area contributed by atoms with Crippen LogP contribution in [-0.2, 0) is 4.79 Å². The third-order valence-corrected chi connectivity index (χ3v) is 3.19. The van der Waals surface area contributed by atoms with E-state index in [0.717, 1.165) is 4.90 Å². The third-order valence-electron chi connectivity index (χ3n) is 3.19. The summed E-state index contributed by atoms with van der Waals surface area (Å²) >= 11 is 0. The number of hydrogen-bond donors (Lipinski definition) is 1. The fraction of sp³-hybridized carbons (Fsp3) is 0.286. The van der Waals surface area contributed by atoms with E-state index >= 15 is 0 Å². The minimum atomic E-state index is -1.17. The lowest BCUT2D eigenvalue weighted by molar-refractivity contribution is -0.121. The van der Waals surface area contributed by atoms with E-state index in [4.69, 9.17) is 5.26 Å². The molecule has 1 heterocycles. The first-order valence-electron chi connectivity index (χ1n) is 5.97. The first-order chi connectivity index (χ1) is 9.27. The summed E-state index contributed by atoms with van der Waals surface area (Å²) < 4.78 is 0. The first-order valence-corrected chi connectivity index (χ1v) is 5.97. The molecule has 1 N–H and O–H groups in total. The van der Waals surface area contributed by atoms with Crippen LogP contribution in [0.5, 0.6) is 0 Å². The van der Waals surface area contributed by atoms with Crippen molar-refractivity contribution in [3.63, 3.8) is 0 Å². The number of carbonyl (C=O) groups is 3. The molecular weight excluding hydrogens is 258 g/mol. The Bertz CT molecular complexity index is 671. The summed E-state index contributed by atoms with van der Waals surface area (Å²) in [5, 5.41) is 11.5. The minimum absolute atomic E-state index is 0.255. The van der Waals surface area contributed by atoms with Crippen molar-refractivity contribution in [2.75, 3.05) is 12.4 Å². The molecule has 1 aromatic rings.